The smallest absolute Gasteiger partial charge is 0.224 e. The lowest BCUT2D eigenvalue weighted by Gasteiger charge is -2.34. The molecule has 100 valence electrons. The first-order valence-corrected chi connectivity index (χ1v) is 6.40. The molecular weight excluding hydrogens is 240 g/mol. The van der Waals surface area contributed by atoms with Crippen LogP contribution in [0.3, 0.4) is 0 Å². The summed E-state index contributed by atoms with van der Waals surface area (Å²) < 4.78 is 5.22. The van der Waals surface area contributed by atoms with Crippen LogP contribution < -0.4 is 5.32 Å². The summed E-state index contributed by atoms with van der Waals surface area (Å²) in [5, 5.41) is 3.51. The summed E-state index contributed by atoms with van der Waals surface area (Å²) in [5.74, 6) is 0.948. The molecule has 2 aliphatic heterocycles. The highest BCUT2D eigenvalue weighted by Gasteiger charge is 2.33. The molecule has 0 radical (unpaired) electrons. The van der Waals surface area contributed by atoms with E-state index in [0.717, 1.165) is 26.1 Å². The zero-order valence-corrected chi connectivity index (χ0v) is 11.3. The molecule has 2 saturated heterocycles. The highest BCUT2D eigenvalue weighted by atomic mass is 35.5. The van der Waals surface area contributed by atoms with E-state index >= 15 is 0 Å². The number of rotatable bonds is 4. The molecular formula is C12H23ClN2O2. The summed E-state index contributed by atoms with van der Waals surface area (Å²) in [6, 6.07) is 0.663. The third kappa shape index (κ3) is 3.83. The zero-order chi connectivity index (χ0) is 11.4. The molecule has 1 N–H and O–H groups in total. The zero-order valence-electron chi connectivity index (χ0n) is 10.5. The van der Waals surface area contributed by atoms with Crippen LogP contribution in [0, 0.1) is 5.92 Å². The van der Waals surface area contributed by atoms with Gasteiger partial charge in [0.1, 0.15) is 0 Å². The van der Waals surface area contributed by atoms with Crippen molar-refractivity contribution in [1.29, 1.82) is 0 Å². The average molecular weight is 263 g/mol. The van der Waals surface area contributed by atoms with Crippen LogP contribution in [0.25, 0.3) is 0 Å². The van der Waals surface area contributed by atoms with Gasteiger partial charge in [0.15, 0.2) is 0 Å². The molecule has 2 fully saturated rings. The quantitative estimate of drug-likeness (QED) is 0.770. The van der Waals surface area contributed by atoms with Gasteiger partial charge < -0.3 is 15.0 Å². The summed E-state index contributed by atoms with van der Waals surface area (Å²) in [6.07, 6.45) is 2.88. The Bertz CT molecular complexity index is 251. The van der Waals surface area contributed by atoms with Crippen LogP contribution in [0.5, 0.6) is 0 Å². The van der Waals surface area contributed by atoms with Crippen LogP contribution in [-0.2, 0) is 9.53 Å². The van der Waals surface area contributed by atoms with Gasteiger partial charge in [0, 0.05) is 25.7 Å². The van der Waals surface area contributed by atoms with Crippen LogP contribution in [-0.4, -0.2) is 49.7 Å². The van der Waals surface area contributed by atoms with Crippen molar-refractivity contribution in [1.82, 2.24) is 10.2 Å². The standard InChI is InChI=1S/C12H22N2O2.ClH/c1-2-16-8-5-12(15)14-7-4-11-10(9-14)3-6-13-11;/h10-11,13H,2-9H2,1H3;1H. The molecule has 2 rings (SSSR count). The van der Waals surface area contributed by atoms with E-state index in [4.69, 9.17) is 4.74 Å². The van der Waals surface area contributed by atoms with Gasteiger partial charge in [0.05, 0.1) is 13.0 Å². The van der Waals surface area contributed by atoms with Crippen molar-refractivity contribution in [2.45, 2.75) is 32.2 Å². The molecule has 0 saturated carbocycles. The Balaban J connectivity index is 0.00000144. The number of ether oxygens (including phenoxy) is 1. The molecule has 0 aromatic rings. The fourth-order valence-electron chi connectivity index (χ4n) is 2.74. The number of nitrogens with one attached hydrogen (secondary N) is 1. The van der Waals surface area contributed by atoms with E-state index in [1.807, 2.05) is 11.8 Å². The SMILES string of the molecule is CCOCCC(=O)N1CCC2NCCC2C1.Cl. The molecule has 1 amide bonds. The van der Waals surface area contributed by atoms with Crippen molar-refractivity contribution in [3.63, 3.8) is 0 Å². The largest absolute Gasteiger partial charge is 0.381 e. The van der Waals surface area contributed by atoms with Gasteiger partial charge in [-0.15, -0.1) is 12.4 Å². The Labute approximate surface area is 109 Å². The number of halogens is 1. The van der Waals surface area contributed by atoms with Crippen molar-refractivity contribution in [3.8, 4) is 0 Å². The molecule has 0 aromatic carbocycles. The lowest BCUT2D eigenvalue weighted by atomic mass is 9.93. The van der Waals surface area contributed by atoms with E-state index in [9.17, 15) is 4.79 Å². The summed E-state index contributed by atoms with van der Waals surface area (Å²) in [4.78, 5) is 13.9. The maximum Gasteiger partial charge on any atom is 0.224 e. The number of likely N-dealkylation sites (tertiary alicyclic amines) is 1. The summed E-state index contributed by atoms with van der Waals surface area (Å²) in [6.45, 7) is 6.21. The maximum atomic E-state index is 11.9. The van der Waals surface area contributed by atoms with Gasteiger partial charge in [-0.3, -0.25) is 4.79 Å². The fraction of sp³-hybridized carbons (Fsp3) is 0.917. The van der Waals surface area contributed by atoms with Crippen molar-refractivity contribution in [2.24, 2.45) is 5.92 Å². The molecule has 0 spiro atoms. The Morgan fingerprint density at radius 3 is 3.06 bits per heavy atom. The van der Waals surface area contributed by atoms with Crippen molar-refractivity contribution < 1.29 is 9.53 Å². The predicted octanol–water partition coefficient (Wildman–Crippen LogP) is 1.05. The number of amides is 1. The van der Waals surface area contributed by atoms with E-state index in [1.165, 1.54) is 6.42 Å². The molecule has 2 aliphatic rings. The van der Waals surface area contributed by atoms with Gasteiger partial charge in [-0.1, -0.05) is 0 Å². The van der Waals surface area contributed by atoms with Crippen LogP contribution in [0.15, 0.2) is 0 Å². The van der Waals surface area contributed by atoms with Crippen molar-refractivity contribution in [2.75, 3.05) is 32.8 Å². The highest BCUT2D eigenvalue weighted by Crippen LogP contribution is 2.24. The van der Waals surface area contributed by atoms with E-state index in [1.54, 1.807) is 0 Å². The monoisotopic (exact) mass is 262 g/mol. The lowest BCUT2D eigenvalue weighted by Crippen LogP contribution is -2.47. The van der Waals surface area contributed by atoms with Crippen LogP contribution in [0.1, 0.15) is 26.2 Å². The lowest BCUT2D eigenvalue weighted by molar-refractivity contribution is -0.134. The molecule has 0 aromatic heterocycles. The second-order valence-electron chi connectivity index (χ2n) is 4.68. The van der Waals surface area contributed by atoms with Gasteiger partial charge in [-0.2, -0.15) is 0 Å². The number of carbonyl (C=O) groups excluding carboxylic acids is 1. The highest BCUT2D eigenvalue weighted by molar-refractivity contribution is 5.85. The first kappa shape index (κ1) is 14.7. The summed E-state index contributed by atoms with van der Waals surface area (Å²) >= 11 is 0. The van der Waals surface area contributed by atoms with Crippen LogP contribution in [0.4, 0.5) is 0 Å². The minimum absolute atomic E-state index is 0. The fourth-order valence-corrected chi connectivity index (χ4v) is 2.74. The Kier molecular flexibility index (Phi) is 6.23. The second-order valence-corrected chi connectivity index (χ2v) is 4.68. The Morgan fingerprint density at radius 1 is 1.47 bits per heavy atom. The number of piperidine rings is 1. The summed E-state index contributed by atoms with van der Waals surface area (Å²) in [7, 11) is 0. The van der Waals surface area contributed by atoms with Gasteiger partial charge in [0.25, 0.3) is 0 Å². The molecule has 2 unspecified atom stereocenters. The first-order valence-electron chi connectivity index (χ1n) is 6.40. The van der Waals surface area contributed by atoms with E-state index < -0.39 is 0 Å². The van der Waals surface area contributed by atoms with Gasteiger partial charge >= 0.3 is 0 Å². The molecule has 0 bridgehead atoms. The van der Waals surface area contributed by atoms with Gasteiger partial charge in [0.2, 0.25) is 5.91 Å². The number of hydrogen-bond donors (Lipinski definition) is 1. The molecule has 5 heteroatoms. The second kappa shape index (κ2) is 7.19. The molecule has 2 atom stereocenters. The minimum Gasteiger partial charge on any atom is -0.381 e. The molecule has 4 nitrogen and oxygen atoms in total. The number of carbonyl (C=O) groups is 1. The Hall–Kier alpha value is -0.320. The first-order chi connectivity index (χ1) is 7.81. The number of hydrogen-bond acceptors (Lipinski definition) is 3. The summed E-state index contributed by atoms with van der Waals surface area (Å²) in [5.41, 5.74) is 0. The van der Waals surface area contributed by atoms with Gasteiger partial charge in [-0.05, 0) is 32.2 Å². The number of nitrogens with zero attached hydrogens (tertiary/aromatic N) is 1. The normalized spacial score (nSPS) is 27.5. The van der Waals surface area contributed by atoms with E-state index in [-0.39, 0.29) is 18.3 Å². The van der Waals surface area contributed by atoms with Crippen LogP contribution >= 0.6 is 12.4 Å². The van der Waals surface area contributed by atoms with E-state index in [2.05, 4.69) is 5.32 Å². The predicted molar refractivity (Wildman–Crippen MR) is 69.5 cm³/mol. The Morgan fingerprint density at radius 2 is 2.29 bits per heavy atom. The van der Waals surface area contributed by atoms with Gasteiger partial charge in [-0.25, -0.2) is 0 Å². The molecule has 0 aliphatic carbocycles. The maximum absolute atomic E-state index is 11.9. The van der Waals surface area contributed by atoms with Crippen LogP contribution in [0.2, 0.25) is 0 Å². The van der Waals surface area contributed by atoms with E-state index in [0.29, 0.717) is 31.6 Å². The molecule has 2 heterocycles. The topological polar surface area (TPSA) is 41.6 Å². The average Bonchev–Trinajstić information content (AvgIpc) is 2.76. The third-order valence-corrected chi connectivity index (χ3v) is 3.67. The number of fused-ring (bicyclic) bond motifs is 1. The van der Waals surface area contributed by atoms with Crippen molar-refractivity contribution >= 4 is 18.3 Å². The van der Waals surface area contributed by atoms with Crippen molar-refractivity contribution in [3.05, 3.63) is 0 Å². The third-order valence-electron chi connectivity index (χ3n) is 3.67. The molecule has 17 heavy (non-hydrogen) atoms. The minimum atomic E-state index is 0.